The van der Waals surface area contributed by atoms with Crippen molar-refractivity contribution in [1.29, 1.82) is 0 Å². The van der Waals surface area contributed by atoms with E-state index in [1.807, 2.05) is 55.4 Å². The molecular formula is C28H48N4O6. The van der Waals surface area contributed by atoms with E-state index in [-0.39, 0.29) is 30.4 Å². The quantitative estimate of drug-likeness (QED) is 0.259. The monoisotopic (exact) mass is 536 g/mol. The molecule has 1 rings (SSSR count). The van der Waals surface area contributed by atoms with Crippen LogP contribution in [-0.4, -0.2) is 71.8 Å². The number of carbonyl (C=O) groups is 5. The number of ketones is 1. The second kappa shape index (κ2) is 13.8. The third kappa shape index (κ3) is 9.44. The van der Waals surface area contributed by atoms with Crippen molar-refractivity contribution in [2.45, 2.75) is 106 Å². The molecule has 4 unspecified atom stereocenters. The molecule has 0 bridgehead atoms. The summed E-state index contributed by atoms with van der Waals surface area (Å²) >= 11 is 0. The van der Waals surface area contributed by atoms with E-state index in [0.29, 0.717) is 19.4 Å². The summed E-state index contributed by atoms with van der Waals surface area (Å²) in [5.74, 6) is -2.34. The van der Waals surface area contributed by atoms with Crippen LogP contribution in [0.25, 0.3) is 0 Å². The Bertz CT molecular complexity index is 892. The zero-order valence-electron chi connectivity index (χ0n) is 24.6. The molecule has 216 valence electrons. The van der Waals surface area contributed by atoms with Gasteiger partial charge in [0.1, 0.15) is 18.2 Å². The molecular weight excluding hydrogens is 488 g/mol. The first-order valence-electron chi connectivity index (χ1n) is 13.5. The summed E-state index contributed by atoms with van der Waals surface area (Å²) in [5, 5.41) is 7.89. The summed E-state index contributed by atoms with van der Waals surface area (Å²) < 4.78 is 5.44. The molecule has 10 nitrogen and oxygen atoms in total. The Balaban J connectivity index is 3.18. The summed E-state index contributed by atoms with van der Waals surface area (Å²) in [7, 11) is 0. The molecule has 0 radical (unpaired) electrons. The highest BCUT2D eigenvalue weighted by Gasteiger charge is 2.48. The van der Waals surface area contributed by atoms with Crippen LogP contribution in [0.1, 0.15) is 81.6 Å². The molecule has 0 saturated carbocycles. The number of hydrogen-bond donors (Lipinski definition) is 3. The number of rotatable bonds is 12. The van der Waals surface area contributed by atoms with E-state index in [1.165, 1.54) is 11.0 Å². The lowest BCUT2D eigenvalue weighted by molar-refractivity contribution is -0.144. The Morgan fingerprint density at radius 2 is 1.71 bits per heavy atom. The van der Waals surface area contributed by atoms with Gasteiger partial charge in [0.25, 0.3) is 5.91 Å². The molecule has 3 N–H and O–H groups in total. The number of alkyl carbamates (subject to hydrolysis) is 1. The zero-order valence-corrected chi connectivity index (χ0v) is 24.6. The first-order chi connectivity index (χ1) is 17.4. The van der Waals surface area contributed by atoms with Crippen LogP contribution >= 0.6 is 0 Å². The predicted molar refractivity (Wildman–Crippen MR) is 146 cm³/mol. The van der Waals surface area contributed by atoms with Crippen LogP contribution in [0.5, 0.6) is 0 Å². The lowest BCUT2D eigenvalue weighted by Gasteiger charge is -2.36. The van der Waals surface area contributed by atoms with Gasteiger partial charge in [-0.25, -0.2) is 4.79 Å². The van der Waals surface area contributed by atoms with Gasteiger partial charge in [0, 0.05) is 13.1 Å². The second-order valence-electron chi connectivity index (χ2n) is 12.4. The van der Waals surface area contributed by atoms with Gasteiger partial charge in [-0.05, 0) is 36.5 Å². The van der Waals surface area contributed by atoms with Crippen molar-refractivity contribution in [3.63, 3.8) is 0 Å². The lowest BCUT2D eigenvalue weighted by atomic mass is 9.85. The average molecular weight is 537 g/mol. The number of amides is 4. The Morgan fingerprint density at radius 3 is 2.21 bits per heavy atom. The molecule has 0 spiro atoms. The number of likely N-dealkylation sites (tertiary alicyclic amines) is 1. The Kier molecular flexibility index (Phi) is 12.0. The largest absolute Gasteiger partial charge is 0.446 e. The first-order valence-corrected chi connectivity index (χ1v) is 13.5. The van der Waals surface area contributed by atoms with Crippen LogP contribution in [0.4, 0.5) is 4.79 Å². The molecule has 0 aromatic carbocycles. The maximum Gasteiger partial charge on any atom is 0.408 e. The van der Waals surface area contributed by atoms with Crippen LogP contribution in [0.15, 0.2) is 12.7 Å². The van der Waals surface area contributed by atoms with Crippen molar-refractivity contribution >= 4 is 29.6 Å². The predicted octanol–water partition coefficient (Wildman–Crippen LogP) is 2.96. The van der Waals surface area contributed by atoms with Gasteiger partial charge in [0.15, 0.2) is 0 Å². The Labute approximate surface area is 227 Å². The van der Waals surface area contributed by atoms with Gasteiger partial charge < -0.3 is 25.6 Å². The normalized spacial score (nSPS) is 19.2. The maximum atomic E-state index is 13.9. The van der Waals surface area contributed by atoms with Gasteiger partial charge in [-0.1, -0.05) is 67.9 Å². The van der Waals surface area contributed by atoms with E-state index in [4.69, 9.17) is 4.74 Å². The summed E-state index contributed by atoms with van der Waals surface area (Å²) in [6.45, 7) is 20.8. The van der Waals surface area contributed by atoms with Crippen LogP contribution < -0.4 is 16.0 Å². The molecule has 38 heavy (non-hydrogen) atoms. The highest BCUT2D eigenvalue weighted by atomic mass is 16.6. The minimum Gasteiger partial charge on any atom is -0.446 e. The number of nitrogens with one attached hydrogen (secondary N) is 3. The van der Waals surface area contributed by atoms with E-state index in [1.54, 1.807) is 6.92 Å². The molecule has 1 fully saturated rings. The van der Waals surface area contributed by atoms with Crippen LogP contribution in [0, 0.1) is 16.7 Å². The fourth-order valence-electron chi connectivity index (χ4n) is 4.24. The topological polar surface area (TPSA) is 134 Å². The third-order valence-corrected chi connectivity index (χ3v) is 6.75. The van der Waals surface area contributed by atoms with Crippen LogP contribution in [0.2, 0.25) is 0 Å². The summed E-state index contributed by atoms with van der Waals surface area (Å²) in [6.07, 6.45) is 1.64. The van der Waals surface area contributed by atoms with E-state index < -0.39 is 53.1 Å². The van der Waals surface area contributed by atoms with Gasteiger partial charge in [0.2, 0.25) is 17.6 Å². The van der Waals surface area contributed by atoms with Crippen molar-refractivity contribution in [3.05, 3.63) is 12.7 Å². The molecule has 0 aromatic rings. The van der Waals surface area contributed by atoms with Crippen molar-refractivity contribution in [2.75, 3.05) is 13.1 Å². The Hall–Kier alpha value is -2.91. The van der Waals surface area contributed by atoms with Crippen molar-refractivity contribution in [3.8, 4) is 0 Å². The second-order valence-corrected chi connectivity index (χ2v) is 12.4. The average Bonchev–Trinajstić information content (AvgIpc) is 3.14. The first kappa shape index (κ1) is 33.1. The highest BCUT2D eigenvalue weighted by molar-refractivity contribution is 6.38. The van der Waals surface area contributed by atoms with E-state index in [9.17, 15) is 24.0 Å². The fraction of sp³-hybridized carbons (Fsp3) is 0.750. The highest BCUT2D eigenvalue weighted by Crippen LogP contribution is 2.36. The van der Waals surface area contributed by atoms with E-state index >= 15 is 0 Å². The fourth-order valence-corrected chi connectivity index (χ4v) is 4.24. The van der Waals surface area contributed by atoms with Gasteiger partial charge in [0.05, 0.1) is 6.04 Å². The van der Waals surface area contributed by atoms with Gasteiger partial charge in [-0.3, -0.25) is 19.2 Å². The van der Waals surface area contributed by atoms with Crippen molar-refractivity contribution in [2.24, 2.45) is 16.7 Å². The van der Waals surface area contributed by atoms with Crippen LogP contribution in [0.3, 0.4) is 0 Å². The Morgan fingerprint density at radius 1 is 1.11 bits per heavy atom. The molecule has 1 aliphatic heterocycles. The molecule has 4 atom stereocenters. The van der Waals surface area contributed by atoms with Crippen molar-refractivity contribution in [1.82, 2.24) is 20.9 Å². The molecule has 0 aromatic heterocycles. The standard InChI is InChI=1S/C28H48N4O6/c1-11-13-19(21(33)24(35)29-14-12-2)30-23(34)20-15-28(9,10)16-32(20)25(36)22(27(6,7)8)31-26(37)38-18(5)17(3)4/h12,17-20,22H,2,11,13-16H2,1,3-10H3,(H,29,35)(H,30,34)(H,31,37). The third-order valence-electron chi connectivity index (χ3n) is 6.75. The molecule has 4 amide bonds. The van der Waals surface area contributed by atoms with Gasteiger partial charge in [-0.2, -0.15) is 0 Å². The van der Waals surface area contributed by atoms with E-state index in [2.05, 4.69) is 22.5 Å². The van der Waals surface area contributed by atoms with Gasteiger partial charge >= 0.3 is 6.09 Å². The minimum absolute atomic E-state index is 0.106. The number of Topliss-reactive ketones (excluding diaryl/α,β-unsaturated/α-hetero) is 1. The maximum absolute atomic E-state index is 13.9. The van der Waals surface area contributed by atoms with E-state index in [0.717, 1.165) is 0 Å². The van der Waals surface area contributed by atoms with Crippen molar-refractivity contribution < 1.29 is 28.7 Å². The number of carbonyl (C=O) groups excluding carboxylic acids is 5. The molecule has 1 aliphatic rings. The molecule has 1 heterocycles. The van der Waals surface area contributed by atoms with Crippen LogP contribution in [-0.2, 0) is 23.9 Å². The number of nitrogens with zero attached hydrogens (tertiary/aromatic N) is 1. The molecule has 10 heteroatoms. The van der Waals surface area contributed by atoms with Gasteiger partial charge in [-0.15, -0.1) is 6.58 Å². The molecule has 1 saturated heterocycles. The summed E-state index contributed by atoms with van der Waals surface area (Å²) in [5.41, 5.74) is -1.05. The lowest BCUT2D eigenvalue weighted by Crippen LogP contribution is -2.59. The summed E-state index contributed by atoms with van der Waals surface area (Å²) in [4.78, 5) is 66.4. The number of ether oxygens (including phenoxy) is 1. The minimum atomic E-state index is -1.01. The smallest absolute Gasteiger partial charge is 0.408 e. The zero-order chi connectivity index (χ0) is 29.4. The SMILES string of the molecule is C=CCNC(=O)C(=O)C(CCC)NC(=O)C1CC(C)(C)CN1C(=O)C(NC(=O)OC(C)C(C)C)C(C)(C)C. The number of hydrogen-bond acceptors (Lipinski definition) is 6. The molecule has 0 aliphatic carbocycles. The summed E-state index contributed by atoms with van der Waals surface area (Å²) in [6, 6.07) is -2.82.